The fraction of sp³-hybridized carbons (Fsp3) is 0.238. The molecule has 0 saturated carbocycles. The Morgan fingerprint density at radius 2 is 1.56 bits per heavy atom. The smallest absolute Gasteiger partial charge is 0.229 e. The van der Waals surface area contributed by atoms with Crippen molar-refractivity contribution in [1.82, 2.24) is 9.97 Å². The van der Waals surface area contributed by atoms with Gasteiger partial charge in [0, 0.05) is 24.0 Å². The molecule has 4 heteroatoms. The van der Waals surface area contributed by atoms with Gasteiger partial charge in [-0.15, -0.1) is 0 Å². The predicted octanol–water partition coefficient (Wildman–Crippen LogP) is 5.07. The number of anilines is 3. The first-order valence-corrected chi connectivity index (χ1v) is 8.49. The van der Waals surface area contributed by atoms with E-state index < -0.39 is 0 Å². The van der Waals surface area contributed by atoms with E-state index in [4.69, 9.17) is 0 Å². The van der Waals surface area contributed by atoms with Crippen molar-refractivity contribution in [1.29, 1.82) is 0 Å². The number of benzene rings is 2. The minimum absolute atomic E-state index is 0.606. The minimum atomic E-state index is 0.606. The highest BCUT2D eigenvalue weighted by Crippen LogP contribution is 2.19. The number of rotatable bonds is 5. The highest BCUT2D eigenvalue weighted by molar-refractivity contribution is 5.57. The molecule has 2 N–H and O–H groups in total. The van der Waals surface area contributed by atoms with Crippen molar-refractivity contribution in [3.8, 4) is 0 Å². The maximum Gasteiger partial charge on any atom is 0.229 e. The zero-order valence-electron chi connectivity index (χ0n) is 15.2. The molecule has 0 aliphatic rings. The van der Waals surface area contributed by atoms with Crippen molar-refractivity contribution in [2.45, 2.75) is 34.2 Å². The second-order valence-corrected chi connectivity index (χ2v) is 6.48. The van der Waals surface area contributed by atoms with Crippen molar-refractivity contribution in [2.24, 2.45) is 0 Å². The molecule has 1 aromatic heterocycles. The molecule has 0 aliphatic heterocycles. The Morgan fingerprint density at radius 1 is 0.800 bits per heavy atom. The highest BCUT2D eigenvalue weighted by Gasteiger charge is 2.04. The summed E-state index contributed by atoms with van der Waals surface area (Å²) in [4.78, 5) is 9.07. The molecule has 0 aliphatic carbocycles. The summed E-state index contributed by atoms with van der Waals surface area (Å²) in [6.07, 6.45) is 0. The second-order valence-electron chi connectivity index (χ2n) is 6.48. The van der Waals surface area contributed by atoms with Crippen molar-refractivity contribution >= 4 is 17.5 Å². The zero-order valence-corrected chi connectivity index (χ0v) is 15.2. The lowest BCUT2D eigenvalue weighted by molar-refractivity contribution is 1.06. The van der Waals surface area contributed by atoms with Gasteiger partial charge in [-0.25, -0.2) is 4.98 Å². The van der Waals surface area contributed by atoms with Gasteiger partial charge in [0.2, 0.25) is 5.95 Å². The van der Waals surface area contributed by atoms with Crippen LogP contribution in [-0.2, 0) is 6.54 Å². The average Bonchev–Trinajstić information content (AvgIpc) is 2.57. The molecule has 1 heterocycles. The van der Waals surface area contributed by atoms with Crippen LogP contribution in [0.25, 0.3) is 0 Å². The molecule has 0 atom stereocenters. The van der Waals surface area contributed by atoms with Crippen molar-refractivity contribution < 1.29 is 0 Å². The van der Waals surface area contributed by atoms with E-state index in [1.807, 2.05) is 19.1 Å². The summed E-state index contributed by atoms with van der Waals surface area (Å²) in [6, 6.07) is 16.7. The summed E-state index contributed by atoms with van der Waals surface area (Å²) >= 11 is 0. The van der Waals surface area contributed by atoms with Gasteiger partial charge in [0.15, 0.2) is 0 Å². The van der Waals surface area contributed by atoms with Crippen LogP contribution in [-0.4, -0.2) is 9.97 Å². The third-order valence-electron chi connectivity index (χ3n) is 4.21. The molecule has 0 bridgehead atoms. The average molecular weight is 332 g/mol. The molecule has 0 spiro atoms. The van der Waals surface area contributed by atoms with Gasteiger partial charge in [-0.05, 0) is 56.5 Å². The summed E-state index contributed by atoms with van der Waals surface area (Å²) in [5.74, 6) is 1.43. The fourth-order valence-corrected chi connectivity index (χ4v) is 2.56. The molecular formula is C21H24N4. The number of nitrogens with one attached hydrogen (secondary N) is 2. The first-order chi connectivity index (χ1) is 12.0. The van der Waals surface area contributed by atoms with Gasteiger partial charge in [-0.3, -0.25) is 0 Å². The fourth-order valence-electron chi connectivity index (χ4n) is 2.56. The van der Waals surface area contributed by atoms with Gasteiger partial charge in [0.05, 0.1) is 0 Å². The zero-order chi connectivity index (χ0) is 17.8. The molecule has 0 amide bonds. The third kappa shape index (κ3) is 4.57. The Bertz CT molecular complexity index is 870. The number of aromatic nitrogens is 2. The quantitative estimate of drug-likeness (QED) is 0.685. The lowest BCUT2D eigenvalue weighted by Crippen LogP contribution is -2.05. The molecule has 0 fully saturated rings. The molecular weight excluding hydrogens is 308 g/mol. The van der Waals surface area contributed by atoms with Gasteiger partial charge >= 0.3 is 0 Å². The lowest BCUT2D eigenvalue weighted by atomic mass is 10.1. The van der Waals surface area contributed by atoms with E-state index in [9.17, 15) is 0 Å². The van der Waals surface area contributed by atoms with Crippen LogP contribution in [0.4, 0.5) is 17.5 Å². The van der Waals surface area contributed by atoms with E-state index in [0.29, 0.717) is 5.95 Å². The maximum atomic E-state index is 4.58. The van der Waals surface area contributed by atoms with Crippen LogP contribution < -0.4 is 10.6 Å². The standard InChI is InChI=1S/C21H24N4/c1-14-5-8-18(9-6-14)13-22-20-12-17(4)23-21(25-20)24-19-10-7-15(2)16(3)11-19/h5-12H,13H2,1-4H3,(H2,22,23,24,25). The number of nitrogens with zero attached hydrogens (tertiary/aromatic N) is 2. The summed E-state index contributed by atoms with van der Waals surface area (Å²) < 4.78 is 0. The van der Waals surface area contributed by atoms with E-state index in [2.05, 4.69) is 77.8 Å². The van der Waals surface area contributed by atoms with Gasteiger partial charge in [0.25, 0.3) is 0 Å². The van der Waals surface area contributed by atoms with Crippen LogP contribution in [0.1, 0.15) is 27.9 Å². The van der Waals surface area contributed by atoms with Gasteiger partial charge < -0.3 is 10.6 Å². The Morgan fingerprint density at radius 3 is 2.28 bits per heavy atom. The van der Waals surface area contributed by atoms with Crippen LogP contribution in [0.5, 0.6) is 0 Å². The summed E-state index contributed by atoms with van der Waals surface area (Å²) in [6.45, 7) is 9.02. The molecule has 25 heavy (non-hydrogen) atoms. The van der Waals surface area contributed by atoms with Crippen molar-refractivity contribution in [3.63, 3.8) is 0 Å². The maximum absolute atomic E-state index is 4.58. The Hall–Kier alpha value is -2.88. The molecule has 128 valence electrons. The van der Waals surface area contributed by atoms with E-state index in [1.165, 1.54) is 22.3 Å². The number of hydrogen-bond acceptors (Lipinski definition) is 4. The molecule has 3 aromatic rings. The third-order valence-corrected chi connectivity index (χ3v) is 4.21. The van der Waals surface area contributed by atoms with Crippen LogP contribution in [0, 0.1) is 27.7 Å². The van der Waals surface area contributed by atoms with Gasteiger partial charge in [-0.2, -0.15) is 4.98 Å². The lowest BCUT2D eigenvalue weighted by Gasteiger charge is -2.11. The summed E-state index contributed by atoms with van der Waals surface area (Å²) in [7, 11) is 0. The largest absolute Gasteiger partial charge is 0.366 e. The van der Waals surface area contributed by atoms with Gasteiger partial charge in [-0.1, -0.05) is 35.9 Å². The molecule has 0 radical (unpaired) electrons. The molecule has 0 unspecified atom stereocenters. The van der Waals surface area contributed by atoms with Crippen LogP contribution in [0.2, 0.25) is 0 Å². The SMILES string of the molecule is Cc1ccc(CNc2cc(C)nc(Nc3ccc(C)c(C)c3)n2)cc1. The van der Waals surface area contributed by atoms with E-state index in [-0.39, 0.29) is 0 Å². The normalized spacial score (nSPS) is 10.6. The van der Waals surface area contributed by atoms with E-state index in [1.54, 1.807) is 0 Å². The second kappa shape index (κ2) is 7.34. The first kappa shape index (κ1) is 17.0. The topological polar surface area (TPSA) is 49.8 Å². The van der Waals surface area contributed by atoms with Crippen molar-refractivity contribution in [2.75, 3.05) is 10.6 Å². The molecule has 3 rings (SSSR count). The highest BCUT2D eigenvalue weighted by atomic mass is 15.1. The summed E-state index contributed by atoms with van der Waals surface area (Å²) in [5.41, 5.74) is 6.93. The monoisotopic (exact) mass is 332 g/mol. The van der Waals surface area contributed by atoms with Crippen LogP contribution in [0.15, 0.2) is 48.5 Å². The van der Waals surface area contributed by atoms with E-state index >= 15 is 0 Å². The molecule has 0 saturated heterocycles. The number of hydrogen-bond donors (Lipinski definition) is 2. The molecule has 2 aromatic carbocycles. The Labute approximate surface area is 149 Å². The van der Waals surface area contributed by atoms with Crippen LogP contribution in [0.3, 0.4) is 0 Å². The predicted molar refractivity (Wildman–Crippen MR) is 104 cm³/mol. The number of aryl methyl sites for hydroxylation is 4. The minimum Gasteiger partial charge on any atom is -0.366 e. The first-order valence-electron chi connectivity index (χ1n) is 8.49. The van der Waals surface area contributed by atoms with Crippen LogP contribution >= 0.6 is 0 Å². The Kier molecular flexibility index (Phi) is 4.98. The Balaban J connectivity index is 1.73. The van der Waals surface area contributed by atoms with Crippen molar-refractivity contribution in [3.05, 3.63) is 76.5 Å². The van der Waals surface area contributed by atoms with E-state index in [0.717, 1.165) is 23.7 Å². The molecule has 4 nitrogen and oxygen atoms in total. The summed E-state index contributed by atoms with van der Waals surface area (Å²) in [5, 5.41) is 6.67. The van der Waals surface area contributed by atoms with Gasteiger partial charge in [0.1, 0.15) is 5.82 Å².